The van der Waals surface area contributed by atoms with E-state index in [9.17, 15) is 8.78 Å². The molecule has 2 aromatic heterocycles. The van der Waals surface area contributed by atoms with Gasteiger partial charge in [0.2, 0.25) is 0 Å². The lowest BCUT2D eigenvalue weighted by atomic mass is 10.1. The van der Waals surface area contributed by atoms with Gasteiger partial charge in [-0.25, -0.2) is 13.8 Å². The monoisotopic (exact) mass is 244 g/mol. The van der Waals surface area contributed by atoms with E-state index in [1.54, 1.807) is 6.20 Å². The van der Waals surface area contributed by atoms with E-state index in [-0.39, 0.29) is 0 Å². The molecule has 4 heteroatoms. The molecule has 0 aliphatic rings. The lowest BCUT2D eigenvalue weighted by Crippen LogP contribution is -1.86. The quantitative estimate of drug-likeness (QED) is 0.639. The number of nitrogens with zero attached hydrogens (tertiary/aromatic N) is 2. The van der Waals surface area contributed by atoms with Crippen LogP contribution in [0.5, 0.6) is 0 Å². The lowest BCUT2D eigenvalue weighted by molar-refractivity contribution is 0.585. The molecule has 0 saturated carbocycles. The Labute approximate surface area is 103 Å². The number of imidazole rings is 1. The molecule has 0 N–H and O–H groups in total. The van der Waals surface area contributed by atoms with Gasteiger partial charge in [0.1, 0.15) is 17.3 Å². The summed E-state index contributed by atoms with van der Waals surface area (Å²) in [5.74, 6) is -1.19. The van der Waals surface area contributed by atoms with Crippen LogP contribution in [-0.2, 0) is 0 Å². The van der Waals surface area contributed by atoms with E-state index in [1.165, 1.54) is 12.1 Å². The Bertz CT molecular complexity index is 732. The Kier molecular flexibility index (Phi) is 2.37. The van der Waals surface area contributed by atoms with Gasteiger partial charge in [-0.2, -0.15) is 0 Å². The molecule has 0 bridgehead atoms. The maximum absolute atomic E-state index is 13.7. The van der Waals surface area contributed by atoms with E-state index in [1.807, 2.05) is 29.7 Å². The van der Waals surface area contributed by atoms with E-state index in [4.69, 9.17) is 0 Å². The number of hydrogen-bond acceptors (Lipinski definition) is 1. The lowest BCUT2D eigenvalue weighted by Gasteiger charge is -1.98. The maximum atomic E-state index is 13.7. The molecule has 0 spiro atoms. The van der Waals surface area contributed by atoms with Crippen LogP contribution in [0.25, 0.3) is 16.9 Å². The topological polar surface area (TPSA) is 17.3 Å². The Hall–Kier alpha value is -2.23. The second-order valence-corrected chi connectivity index (χ2v) is 4.17. The Morgan fingerprint density at radius 1 is 1.17 bits per heavy atom. The summed E-state index contributed by atoms with van der Waals surface area (Å²) >= 11 is 0. The van der Waals surface area contributed by atoms with Crippen LogP contribution in [0.4, 0.5) is 8.78 Å². The van der Waals surface area contributed by atoms with Gasteiger partial charge in [0, 0.05) is 24.0 Å². The van der Waals surface area contributed by atoms with Crippen molar-refractivity contribution in [3.05, 3.63) is 59.9 Å². The third-order valence-corrected chi connectivity index (χ3v) is 2.88. The fourth-order valence-corrected chi connectivity index (χ4v) is 1.98. The zero-order chi connectivity index (χ0) is 12.7. The minimum absolute atomic E-state index is 0.305. The van der Waals surface area contributed by atoms with Crippen molar-refractivity contribution in [3.63, 3.8) is 0 Å². The molecule has 0 unspecified atom stereocenters. The predicted octanol–water partition coefficient (Wildman–Crippen LogP) is 3.59. The smallest absolute Gasteiger partial charge is 0.140 e. The number of halogens is 2. The summed E-state index contributed by atoms with van der Waals surface area (Å²) in [5, 5.41) is 0. The van der Waals surface area contributed by atoms with E-state index in [0.29, 0.717) is 11.3 Å². The first-order valence-corrected chi connectivity index (χ1v) is 5.55. The highest BCUT2D eigenvalue weighted by atomic mass is 19.1. The van der Waals surface area contributed by atoms with Gasteiger partial charge in [-0.1, -0.05) is 6.07 Å². The summed E-state index contributed by atoms with van der Waals surface area (Å²) in [5.41, 5.74) is 2.59. The molecule has 0 atom stereocenters. The molecular formula is C14H10F2N2. The van der Waals surface area contributed by atoms with Crippen molar-refractivity contribution < 1.29 is 8.78 Å². The van der Waals surface area contributed by atoms with Crippen LogP contribution < -0.4 is 0 Å². The van der Waals surface area contributed by atoms with Crippen LogP contribution in [0.15, 0.2) is 42.7 Å². The van der Waals surface area contributed by atoms with Crippen LogP contribution in [0.2, 0.25) is 0 Å². The average molecular weight is 244 g/mol. The number of fused-ring (bicyclic) bond motifs is 1. The van der Waals surface area contributed by atoms with Crippen molar-refractivity contribution in [2.45, 2.75) is 6.92 Å². The molecule has 18 heavy (non-hydrogen) atoms. The van der Waals surface area contributed by atoms with Crippen molar-refractivity contribution in [3.8, 4) is 11.3 Å². The van der Waals surface area contributed by atoms with Gasteiger partial charge in [-0.3, -0.25) is 0 Å². The highest BCUT2D eigenvalue weighted by Gasteiger charge is 2.10. The molecule has 0 aliphatic carbocycles. The molecule has 90 valence electrons. The number of pyridine rings is 1. The number of rotatable bonds is 1. The standard InChI is InChI=1S/C14H10F2N2/c1-9-3-2-6-18-8-13(17-14(9)18)11-5-4-10(15)7-12(11)16/h2-8H,1H3. The molecule has 3 rings (SSSR count). The molecule has 1 aromatic carbocycles. The maximum Gasteiger partial charge on any atom is 0.140 e. The highest BCUT2D eigenvalue weighted by molar-refractivity contribution is 5.64. The number of hydrogen-bond donors (Lipinski definition) is 0. The molecule has 0 aliphatic heterocycles. The van der Waals surface area contributed by atoms with Crippen molar-refractivity contribution >= 4 is 5.65 Å². The van der Waals surface area contributed by atoms with Gasteiger partial charge < -0.3 is 4.40 Å². The molecule has 3 aromatic rings. The summed E-state index contributed by atoms with van der Waals surface area (Å²) < 4.78 is 28.4. The van der Waals surface area contributed by atoms with Gasteiger partial charge in [-0.05, 0) is 30.7 Å². The van der Waals surface area contributed by atoms with Crippen LogP contribution in [-0.4, -0.2) is 9.38 Å². The van der Waals surface area contributed by atoms with E-state index < -0.39 is 11.6 Å². The summed E-state index contributed by atoms with van der Waals surface area (Å²) in [6.07, 6.45) is 3.58. The summed E-state index contributed by atoms with van der Waals surface area (Å²) in [7, 11) is 0. The zero-order valence-corrected chi connectivity index (χ0v) is 9.69. The number of benzene rings is 1. The first kappa shape index (κ1) is 10.9. The van der Waals surface area contributed by atoms with E-state index in [0.717, 1.165) is 17.3 Å². The van der Waals surface area contributed by atoms with Gasteiger partial charge in [0.25, 0.3) is 0 Å². The second kappa shape index (κ2) is 3.91. The third kappa shape index (κ3) is 1.66. The van der Waals surface area contributed by atoms with Crippen LogP contribution in [0.3, 0.4) is 0 Å². The van der Waals surface area contributed by atoms with E-state index >= 15 is 0 Å². The van der Waals surface area contributed by atoms with Gasteiger partial charge >= 0.3 is 0 Å². The van der Waals surface area contributed by atoms with Crippen LogP contribution in [0, 0.1) is 18.6 Å². The largest absolute Gasteiger partial charge is 0.306 e. The van der Waals surface area contributed by atoms with Crippen molar-refractivity contribution in [1.82, 2.24) is 9.38 Å². The zero-order valence-electron chi connectivity index (χ0n) is 9.69. The fourth-order valence-electron chi connectivity index (χ4n) is 1.98. The molecule has 0 saturated heterocycles. The van der Waals surface area contributed by atoms with Crippen LogP contribution in [0.1, 0.15) is 5.56 Å². The second-order valence-electron chi connectivity index (χ2n) is 4.17. The first-order chi connectivity index (χ1) is 8.65. The highest BCUT2D eigenvalue weighted by Crippen LogP contribution is 2.23. The van der Waals surface area contributed by atoms with Crippen LogP contribution >= 0.6 is 0 Å². The first-order valence-electron chi connectivity index (χ1n) is 5.55. The number of aromatic nitrogens is 2. The summed E-state index contributed by atoms with van der Waals surface area (Å²) in [4.78, 5) is 4.37. The summed E-state index contributed by atoms with van der Waals surface area (Å²) in [6.45, 7) is 1.94. The Balaban J connectivity index is 2.23. The molecular weight excluding hydrogens is 234 g/mol. The number of aryl methyl sites for hydroxylation is 1. The van der Waals surface area contributed by atoms with Crippen molar-refractivity contribution in [1.29, 1.82) is 0 Å². The Morgan fingerprint density at radius 3 is 2.72 bits per heavy atom. The normalized spacial score (nSPS) is 11.1. The van der Waals surface area contributed by atoms with Gasteiger partial charge in [0.05, 0.1) is 5.69 Å². The molecule has 0 amide bonds. The molecule has 2 nitrogen and oxygen atoms in total. The van der Waals surface area contributed by atoms with Gasteiger partial charge in [0.15, 0.2) is 0 Å². The van der Waals surface area contributed by atoms with Crippen molar-refractivity contribution in [2.24, 2.45) is 0 Å². The van der Waals surface area contributed by atoms with Crippen molar-refractivity contribution in [2.75, 3.05) is 0 Å². The fraction of sp³-hybridized carbons (Fsp3) is 0.0714. The van der Waals surface area contributed by atoms with E-state index in [2.05, 4.69) is 4.98 Å². The predicted molar refractivity (Wildman–Crippen MR) is 65.3 cm³/mol. The third-order valence-electron chi connectivity index (χ3n) is 2.88. The minimum atomic E-state index is -0.601. The SMILES string of the molecule is Cc1cccn2cc(-c3ccc(F)cc3F)nc12. The molecule has 0 fully saturated rings. The minimum Gasteiger partial charge on any atom is -0.306 e. The molecule has 0 radical (unpaired) electrons. The van der Waals surface area contributed by atoms with Gasteiger partial charge in [-0.15, -0.1) is 0 Å². The summed E-state index contributed by atoms with van der Waals surface area (Å²) in [6, 6.07) is 7.34. The average Bonchev–Trinajstić information content (AvgIpc) is 2.74. The Morgan fingerprint density at radius 2 is 2.00 bits per heavy atom. The molecule has 2 heterocycles.